The fraction of sp³-hybridized carbons (Fsp3) is 1.00. The van der Waals surface area contributed by atoms with Crippen molar-refractivity contribution in [1.29, 1.82) is 0 Å². The van der Waals surface area contributed by atoms with Gasteiger partial charge in [-0.3, -0.25) is 0 Å². The van der Waals surface area contributed by atoms with Gasteiger partial charge < -0.3 is 0 Å². The third kappa shape index (κ3) is 10.9. The van der Waals surface area contributed by atoms with Crippen LogP contribution in [0.5, 0.6) is 0 Å². The molecule has 0 saturated heterocycles. The van der Waals surface area contributed by atoms with Crippen LogP contribution in [0.3, 0.4) is 0 Å². The summed E-state index contributed by atoms with van der Waals surface area (Å²) >= 11 is 0. The van der Waals surface area contributed by atoms with E-state index in [-0.39, 0.29) is 14.9 Å². The summed E-state index contributed by atoms with van der Waals surface area (Å²) in [6.07, 6.45) is 5.53. The van der Waals surface area contributed by atoms with Crippen molar-refractivity contribution in [3.63, 3.8) is 0 Å². The quantitative estimate of drug-likeness (QED) is 0.548. The molecule has 0 N–H and O–H groups in total. The first kappa shape index (κ1) is 16.5. The third-order valence-electron chi connectivity index (χ3n) is 1.75. The summed E-state index contributed by atoms with van der Waals surface area (Å²) in [5, 5.41) is 0. The molecule has 66 valence electrons. The monoisotopic (exact) mass is 146 g/mol. The summed E-state index contributed by atoms with van der Waals surface area (Å²) in [7, 11) is 0. The van der Waals surface area contributed by atoms with Crippen molar-refractivity contribution >= 4 is 0 Å². The molecule has 0 spiro atoms. The molecule has 0 saturated carbocycles. The minimum absolute atomic E-state index is 0. The van der Waals surface area contributed by atoms with Crippen LogP contribution in [-0.4, -0.2) is 0 Å². The van der Waals surface area contributed by atoms with Crippen molar-refractivity contribution in [2.75, 3.05) is 0 Å². The Bertz CT molecular complexity index is 39.3. The van der Waals surface area contributed by atoms with Crippen molar-refractivity contribution in [1.82, 2.24) is 0 Å². The van der Waals surface area contributed by atoms with E-state index in [1.807, 2.05) is 0 Å². The van der Waals surface area contributed by atoms with Gasteiger partial charge in [-0.15, -0.1) is 0 Å². The highest BCUT2D eigenvalue weighted by molar-refractivity contribution is 4.47. The maximum absolute atomic E-state index is 2.33. The van der Waals surface area contributed by atoms with Crippen LogP contribution in [0.4, 0.5) is 0 Å². The van der Waals surface area contributed by atoms with Gasteiger partial charge >= 0.3 is 0 Å². The molecular weight excluding hydrogens is 120 g/mol. The number of rotatable bonds is 4. The summed E-state index contributed by atoms with van der Waals surface area (Å²) in [6.45, 7) is 6.85. The molecule has 0 aliphatic heterocycles. The summed E-state index contributed by atoms with van der Waals surface area (Å²) in [5.74, 6) is 0.954. The lowest BCUT2D eigenvalue weighted by Crippen LogP contribution is -1.89. The van der Waals surface area contributed by atoms with E-state index in [9.17, 15) is 0 Å². The van der Waals surface area contributed by atoms with E-state index < -0.39 is 0 Å². The van der Waals surface area contributed by atoms with Crippen LogP contribution >= 0.6 is 0 Å². The Balaban J connectivity index is -0.000000245. The van der Waals surface area contributed by atoms with E-state index in [1.54, 1.807) is 0 Å². The van der Waals surface area contributed by atoms with Gasteiger partial charge in [0.1, 0.15) is 0 Å². The molecule has 0 heteroatoms. The van der Waals surface area contributed by atoms with Crippen molar-refractivity contribution < 1.29 is 0 Å². The van der Waals surface area contributed by atoms with Crippen molar-refractivity contribution in [3.8, 4) is 0 Å². The van der Waals surface area contributed by atoms with Gasteiger partial charge in [0.25, 0.3) is 0 Å². The SMILES string of the molecule is C.C.CCCCC(C)CC. The summed E-state index contributed by atoms with van der Waals surface area (Å²) < 4.78 is 0. The van der Waals surface area contributed by atoms with Gasteiger partial charge in [-0.1, -0.05) is 61.3 Å². The van der Waals surface area contributed by atoms with Crippen LogP contribution in [0, 0.1) is 5.92 Å². The van der Waals surface area contributed by atoms with Crippen molar-refractivity contribution in [2.24, 2.45) is 5.92 Å². The van der Waals surface area contributed by atoms with Crippen LogP contribution in [0.25, 0.3) is 0 Å². The first-order chi connectivity index (χ1) is 3.81. The lowest BCUT2D eigenvalue weighted by molar-refractivity contribution is 0.492. The van der Waals surface area contributed by atoms with Gasteiger partial charge in [0.15, 0.2) is 0 Å². The molecule has 0 nitrogen and oxygen atoms in total. The van der Waals surface area contributed by atoms with Crippen molar-refractivity contribution in [3.05, 3.63) is 0 Å². The Kier molecular flexibility index (Phi) is 19.4. The maximum atomic E-state index is 2.33. The molecule has 0 amide bonds. The molecule has 0 radical (unpaired) electrons. The zero-order valence-electron chi connectivity index (χ0n) is 6.41. The Morgan fingerprint density at radius 2 is 1.60 bits per heavy atom. The van der Waals surface area contributed by atoms with E-state index in [2.05, 4.69) is 20.8 Å². The minimum Gasteiger partial charge on any atom is -0.0776 e. The molecule has 0 rings (SSSR count). The third-order valence-corrected chi connectivity index (χ3v) is 1.75. The van der Waals surface area contributed by atoms with Crippen LogP contribution in [0.1, 0.15) is 61.3 Å². The maximum Gasteiger partial charge on any atom is -0.0445 e. The molecular formula is C10H26. The Hall–Kier alpha value is 0. The molecule has 0 aromatic carbocycles. The first-order valence-electron chi connectivity index (χ1n) is 3.81. The second-order valence-electron chi connectivity index (χ2n) is 2.66. The zero-order valence-corrected chi connectivity index (χ0v) is 6.41. The lowest BCUT2D eigenvalue weighted by atomic mass is 10.0. The van der Waals surface area contributed by atoms with E-state index in [0.717, 1.165) is 5.92 Å². The van der Waals surface area contributed by atoms with E-state index in [0.29, 0.717) is 0 Å². The lowest BCUT2D eigenvalue weighted by Gasteiger charge is -2.04. The van der Waals surface area contributed by atoms with Gasteiger partial charge in [-0.25, -0.2) is 0 Å². The van der Waals surface area contributed by atoms with Crippen LogP contribution < -0.4 is 0 Å². The molecule has 0 bridgehead atoms. The van der Waals surface area contributed by atoms with Gasteiger partial charge in [-0.05, 0) is 5.92 Å². The Morgan fingerprint density at radius 3 is 1.90 bits per heavy atom. The van der Waals surface area contributed by atoms with Crippen molar-refractivity contribution in [2.45, 2.75) is 61.3 Å². The first-order valence-corrected chi connectivity index (χ1v) is 3.81. The normalized spacial score (nSPS) is 11.1. The molecule has 0 aliphatic rings. The Morgan fingerprint density at radius 1 is 1.10 bits per heavy atom. The van der Waals surface area contributed by atoms with Gasteiger partial charge in [-0.2, -0.15) is 0 Å². The van der Waals surface area contributed by atoms with Gasteiger partial charge in [0, 0.05) is 0 Å². The van der Waals surface area contributed by atoms with Crippen LogP contribution in [0.2, 0.25) is 0 Å². The second-order valence-corrected chi connectivity index (χ2v) is 2.66. The topological polar surface area (TPSA) is 0 Å². The molecule has 0 fully saturated rings. The number of hydrogen-bond acceptors (Lipinski definition) is 0. The fourth-order valence-corrected chi connectivity index (χ4v) is 0.757. The highest BCUT2D eigenvalue weighted by Gasteiger charge is 1.94. The summed E-state index contributed by atoms with van der Waals surface area (Å²) in [5.41, 5.74) is 0. The summed E-state index contributed by atoms with van der Waals surface area (Å²) in [6, 6.07) is 0. The molecule has 1 atom stereocenters. The molecule has 0 aromatic heterocycles. The van der Waals surface area contributed by atoms with Gasteiger partial charge in [0.2, 0.25) is 0 Å². The predicted octanol–water partition coefficient (Wildman–Crippen LogP) is 4.49. The number of hydrogen-bond donors (Lipinski definition) is 0. The zero-order chi connectivity index (χ0) is 6.41. The minimum atomic E-state index is 0. The molecule has 0 heterocycles. The standard InChI is InChI=1S/C8H18.2CH4/c1-4-6-7-8(3)5-2;;/h8H,4-7H2,1-3H3;2*1H4. The smallest absolute Gasteiger partial charge is 0.0445 e. The fourth-order valence-electron chi connectivity index (χ4n) is 0.757. The highest BCUT2D eigenvalue weighted by atomic mass is 14.0. The average molecular weight is 146 g/mol. The second kappa shape index (κ2) is 11.8. The largest absolute Gasteiger partial charge is 0.0776 e. The molecule has 0 aliphatic carbocycles. The van der Waals surface area contributed by atoms with E-state index in [4.69, 9.17) is 0 Å². The highest BCUT2D eigenvalue weighted by Crippen LogP contribution is 2.09. The summed E-state index contributed by atoms with van der Waals surface area (Å²) in [4.78, 5) is 0. The van der Waals surface area contributed by atoms with E-state index in [1.165, 1.54) is 25.7 Å². The average Bonchev–Trinajstić information content (AvgIpc) is 1.83. The van der Waals surface area contributed by atoms with Gasteiger partial charge in [0.05, 0.1) is 0 Å². The van der Waals surface area contributed by atoms with E-state index >= 15 is 0 Å². The molecule has 0 aromatic rings. The Labute approximate surface area is 68.0 Å². The van der Waals surface area contributed by atoms with Crippen LogP contribution in [-0.2, 0) is 0 Å². The van der Waals surface area contributed by atoms with Crippen LogP contribution in [0.15, 0.2) is 0 Å². The molecule has 1 unspecified atom stereocenters. The molecule has 10 heavy (non-hydrogen) atoms. The number of unbranched alkanes of at least 4 members (excludes halogenated alkanes) is 1. The predicted molar refractivity (Wildman–Crippen MR) is 52.4 cm³/mol.